The van der Waals surface area contributed by atoms with Crippen LogP contribution in [0, 0.1) is 6.92 Å². The normalized spacial score (nSPS) is 11.3. The van der Waals surface area contributed by atoms with Crippen LogP contribution in [-0.4, -0.2) is 7.11 Å². The van der Waals surface area contributed by atoms with Crippen molar-refractivity contribution in [1.29, 1.82) is 0 Å². The molecule has 22 heavy (non-hydrogen) atoms. The summed E-state index contributed by atoms with van der Waals surface area (Å²) < 4.78 is 11.1. The molecule has 2 heteroatoms. The van der Waals surface area contributed by atoms with Crippen LogP contribution in [-0.2, 0) is 0 Å². The third kappa shape index (κ3) is 4.66. The highest BCUT2D eigenvalue weighted by Gasteiger charge is 2.03. The molecule has 116 valence electrons. The van der Waals surface area contributed by atoms with E-state index in [1.165, 1.54) is 16.7 Å². The molecule has 2 nitrogen and oxygen atoms in total. The van der Waals surface area contributed by atoms with Crippen LogP contribution in [0.2, 0.25) is 0 Å². The van der Waals surface area contributed by atoms with Gasteiger partial charge in [-0.05, 0) is 60.7 Å². The molecule has 0 saturated carbocycles. The highest BCUT2D eigenvalue weighted by molar-refractivity contribution is 5.65. The first kappa shape index (κ1) is 16.2. The molecule has 0 unspecified atom stereocenters. The summed E-state index contributed by atoms with van der Waals surface area (Å²) in [4.78, 5) is 0. The second kappa shape index (κ2) is 8.28. The standard InChI is InChI=1S/C20H24O2/c1-4-5-8-18(17-10-12-19(21-3)13-11-17)15-22-20-9-6-7-16(2)14-20/h6-7,9-15H,4-5,8H2,1-3H3/b18-15+. The minimum Gasteiger partial charge on any atom is -0.497 e. The minimum absolute atomic E-state index is 0.873. The van der Waals surface area contributed by atoms with E-state index in [4.69, 9.17) is 9.47 Å². The zero-order valence-corrected chi connectivity index (χ0v) is 13.6. The zero-order valence-electron chi connectivity index (χ0n) is 13.6. The molecule has 0 heterocycles. The summed E-state index contributed by atoms with van der Waals surface area (Å²) in [6.45, 7) is 4.27. The minimum atomic E-state index is 0.873. The first-order valence-electron chi connectivity index (χ1n) is 7.79. The van der Waals surface area contributed by atoms with Gasteiger partial charge < -0.3 is 9.47 Å². The quantitative estimate of drug-likeness (QED) is 0.618. The summed E-state index contributed by atoms with van der Waals surface area (Å²) >= 11 is 0. The van der Waals surface area contributed by atoms with E-state index in [1.54, 1.807) is 7.11 Å². The van der Waals surface area contributed by atoms with E-state index < -0.39 is 0 Å². The van der Waals surface area contributed by atoms with Crippen molar-refractivity contribution in [3.05, 3.63) is 65.9 Å². The van der Waals surface area contributed by atoms with Crippen LogP contribution in [0.15, 0.2) is 54.8 Å². The molecule has 0 amide bonds. The molecular weight excluding hydrogens is 272 g/mol. The Hall–Kier alpha value is -2.22. The van der Waals surface area contributed by atoms with Gasteiger partial charge in [0.1, 0.15) is 11.5 Å². The van der Waals surface area contributed by atoms with Gasteiger partial charge in [-0.1, -0.05) is 37.6 Å². The summed E-state index contributed by atoms with van der Waals surface area (Å²) in [7, 11) is 1.68. The maximum Gasteiger partial charge on any atom is 0.126 e. The van der Waals surface area contributed by atoms with E-state index in [0.717, 1.165) is 30.8 Å². The van der Waals surface area contributed by atoms with Crippen molar-refractivity contribution < 1.29 is 9.47 Å². The first-order chi connectivity index (χ1) is 10.7. The van der Waals surface area contributed by atoms with Crippen LogP contribution >= 0.6 is 0 Å². The second-order valence-corrected chi connectivity index (χ2v) is 5.41. The summed E-state index contributed by atoms with van der Waals surface area (Å²) in [5.74, 6) is 1.75. The van der Waals surface area contributed by atoms with Crippen molar-refractivity contribution in [2.45, 2.75) is 33.1 Å². The molecule has 0 aliphatic rings. The average Bonchev–Trinajstić information content (AvgIpc) is 2.55. The lowest BCUT2D eigenvalue weighted by Crippen LogP contribution is -1.91. The Morgan fingerprint density at radius 1 is 1.05 bits per heavy atom. The molecule has 0 bridgehead atoms. The molecule has 0 aromatic heterocycles. The van der Waals surface area contributed by atoms with Crippen molar-refractivity contribution in [3.63, 3.8) is 0 Å². The number of hydrogen-bond acceptors (Lipinski definition) is 2. The van der Waals surface area contributed by atoms with Gasteiger partial charge in [-0.3, -0.25) is 0 Å². The molecule has 2 aromatic rings. The number of rotatable bonds is 7. The monoisotopic (exact) mass is 296 g/mol. The smallest absolute Gasteiger partial charge is 0.126 e. The zero-order chi connectivity index (χ0) is 15.8. The fraction of sp³-hybridized carbons (Fsp3) is 0.300. The summed E-state index contributed by atoms with van der Waals surface area (Å²) in [6.07, 6.45) is 5.20. The topological polar surface area (TPSA) is 18.5 Å². The molecule has 2 aromatic carbocycles. The Labute approximate surface area is 133 Å². The molecule has 0 aliphatic heterocycles. The van der Waals surface area contributed by atoms with Crippen LogP contribution in [0.25, 0.3) is 5.57 Å². The Kier molecular flexibility index (Phi) is 6.08. The predicted octanol–water partition coefficient (Wildman–Crippen LogP) is 5.61. The molecular formula is C20H24O2. The average molecular weight is 296 g/mol. The molecule has 0 aliphatic carbocycles. The van der Waals surface area contributed by atoms with E-state index in [9.17, 15) is 0 Å². The summed E-state index contributed by atoms with van der Waals surface area (Å²) in [6, 6.07) is 16.2. The predicted molar refractivity (Wildman–Crippen MR) is 92.3 cm³/mol. The lowest BCUT2D eigenvalue weighted by atomic mass is 10.0. The van der Waals surface area contributed by atoms with E-state index in [2.05, 4.69) is 32.0 Å². The van der Waals surface area contributed by atoms with Gasteiger partial charge in [0, 0.05) is 0 Å². The maximum absolute atomic E-state index is 5.86. The molecule has 0 saturated heterocycles. The molecule has 0 atom stereocenters. The van der Waals surface area contributed by atoms with Gasteiger partial charge in [-0.2, -0.15) is 0 Å². The van der Waals surface area contributed by atoms with Crippen molar-refractivity contribution >= 4 is 5.57 Å². The molecule has 0 radical (unpaired) electrons. The fourth-order valence-corrected chi connectivity index (χ4v) is 2.27. The van der Waals surface area contributed by atoms with Crippen molar-refractivity contribution in [3.8, 4) is 11.5 Å². The van der Waals surface area contributed by atoms with Crippen molar-refractivity contribution in [2.75, 3.05) is 7.11 Å². The van der Waals surface area contributed by atoms with Gasteiger partial charge in [-0.15, -0.1) is 0 Å². The van der Waals surface area contributed by atoms with Crippen molar-refractivity contribution in [2.24, 2.45) is 0 Å². The van der Waals surface area contributed by atoms with E-state index in [0.29, 0.717) is 0 Å². The van der Waals surface area contributed by atoms with Gasteiger partial charge in [0.15, 0.2) is 0 Å². The molecule has 0 fully saturated rings. The Balaban J connectivity index is 2.18. The largest absolute Gasteiger partial charge is 0.497 e. The number of methoxy groups -OCH3 is 1. The van der Waals surface area contributed by atoms with Crippen LogP contribution in [0.4, 0.5) is 0 Å². The lowest BCUT2D eigenvalue weighted by molar-refractivity contribution is 0.414. The second-order valence-electron chi connectivity index (χ2n) is 5.41. The molecule has 2 rings (SSSR count). The Bertz CT molecular complexity index is 612. The van der Waals surface area contributed by atoms with Gasteiger partial charge >= 0.3 is 0 Å². The first-order valence-corrected chi connectivity index (χ1v) is 7.79. The Morgan fingerprint density at radius 3 is 2.45 bits per heavy atom. The summed E-state index contributed by atoms with van der Waals surface area (Å²) in [5.41, 5.74) is 3.60. The summed E-state index contributed by atoms with van der Waals surface area (Å²) in [5, 5.41) is 0. The number of benzene rings is 2. The van der Waals surface area contributed by atoms with Gasteiger partial charge in [0.05, 0.1) is 13.4 Å². The van der Waals surface area contributed by atoms with E-state index in [-0.39, 0.29) is 0 Å². The maximum atomic E-state index is 5.86. The highest BCUT2D eigenvalue weighted by atomic mass is 16.5. The van der Waals surface area contributed by atoms with E-state index in [1.807, 2.05) is 36.6 Å². The fourth-order valence-electron chi connectivity index (χ4n) is 2.27. The number of ether oxygens (including phenoxy) is 2. The van der Waals surface area contributed by atoms with Crippen LogP contribution in [0.3, 0.4) is 0 Å². The molecule has 0 spiro atoms. The lowest BCUT2D eigenvalue weighted by Gasteiger charge is -2.09. The number of allylic oxidation sites excluding steroid dienone is 1. The van der Waals surface area contributed by atoms with Gasteiger partial charge in [-0.25, -0.2) is 0 Å². The number of unbranched alkanes of at least 4 members (excludes halogenated alkanes) is 1. The van der Waals surface area contributed by atoms with Crippen molar-refractivity contribution in [1.82, 2.24) is 0 Å². The third-order valence-electron chi connectivity index (χ3n) is 3.59. The van der Waals surface area contributed by atoms with Crippen LogP contribution in [0.1, 0.15) is 37.3 Å². The van der Waals surface area contributed by atoms with Gasteiger partial charge in [0.2, 0.25) is 0 Å². The SMILES string of the molecule is CCCC/C(=C\Oc1cccc(C)c1)c1ccc(OC)cc1. The number of aryl methyl sites for hydroxylation is 1. The Morgan fingerprint density at radius 2 is 1.82 bits per heavy atom. The highest BCUT2D eigenvalue weighted by Crippen LogP contribution is 2.24. The number of hydrogen-bond donors (Lipinski definition) is 0. The van der Waals surface area contributed by atoms with E-state index >= 15 is 0 Å². The third-order valence-corrected chi connectivity index (χ3v) is 3.59. The molecule has 0 N–H and O–H groups in total. The van der Waals surface area contributed by atoms with Gasteiger partial charge in [0.25, 0.3) is 0 Å². The van der Waals surface area contributed by atoms with Crippen LogP contribution < -0.4 is 9.47 Å². The van der Waals surface area contributed by atoms with Crippen LogP contribution in [0.5, 0.6) is 11.5 Å².